The fourth-order valence-electron chi connectivity index (χ4n) is 4.74. The molecule has 4 N–H and O–H groups in total. The minimum Gasteiger partial charge on any atom is -0.465 e. The van der Waals surface area contributed by atoms with E-state index >= 15 is 0 Å². The maximum absolute atomic E-state index is 12.9. The second kappa shape index (κ2) is 13.8. The molecule has 1 aromatic rings. The number of oxime groups is 1. The summed E-state index contributed by atoms with van der Waals surface area (Å²) in [7, 11) is 0. The van der Waals surface area contributed by atoms with E-state index in [9.17, 15) is 19.2 Å². The molecule has 0 bridgehead atoms. The van der Waals surface area contributed by atoms with E-state index < -0.39 is 18.0 Å². The van der Waals surface area contributed by atoms with Gasteiger partial charge in [-0.15, -0.1) is 0 Å². The lowest BCUT2D eigenvalue weighted by atomic mass is 9.96. The fourth-order valence-corrected chi connectivity index (χ4v) is 4.74. The van der Waals surface area contributed by atoms with Gasteiger partial charge in [-0.3, -0.25) is 9.59 Å². The molecule has 0 saturated carbocycles. The Bertz CT molecular complexity index is 1020. The number of nitrogens with zero attached hydrogens (tertiary/aromatic N) is 3. The summed E-state index contributed by atoms with van der Waals surface area (Å²) < 4.78 is 11.0. The first-order chi connectivity index (χ1) is 18.2. The predicted molar refractivity (Wildman–Crippen MR) is 136 cm³/mol. The molecule has 0 aromatic heterocycles. The first-order valence-electron chi connectivity index (χ1n) is 12.8. The van der Waals surface area contributed by atoms with E-state index in [2.05, 4.69) is 5.16 Å². The number of ketones is 1. The smallest absolute Gasteiger partial charge is 0.407 e. The van der Waals surface area contributed by atoms with Gasteiger partial charge in [-0.25, -0.2) is 9.59 Å². The standard InChI is InChI=1S/C26H36N4O8/c1-17(13-22(31)19-4-6-20(7-5-19)24(27)28-36)25(33)29-11-8-21(9-12-29)37-16-23(32)38-15-18-3-2-10-30(14-18)26(34)35/h4-7,17-18,21,36H,2-3,8-16H2,1H3,(H2,27,28)(H,34,35)/t17-,18?/m1/s1. The molecule has 38 heavy (non-hydrogen) atoms. The second-order valence-electron chi connectivity index (χ2n) is 9.85. The lowest BCUT2D eigenvalue weighted by Gasteiger charge is -2.33. The molecule has 1 unspecified atom stereocenters. The van der Waals surface area contributed by atoms with E-state index in [1.165, 1.54) is 4.90 Å². The molecular weight excluding hydrogens is 496 g/mol. The number of benzene rings is 1. The summed E-state index contributed by atoms with van der Waals surface area (Å²) >= 11 is 0. The van der Waals surface area contributed by atoms with E-state index in [1.54, 1.807) is 36.1 Å². The van der Waals surface area contributed by atoms with Crippen LogP contribution < -0.4 is 5.73 Å². The molecule has 0 spiro atoms. The number of ether oxygens (including phenoxy) is 2. The van der Waals surface area contributed by atoms with Crippen LogP contribution >= 0.6 is 0 Å². The van der Waals surface area contributed by atoms with Gasteiger partial charge in [-0.2, -0.15) is 0 Å². The van der Waals surface area contributed by atoms with Gasteiger partial charge in [-0.1, -0.05) is 36.3 Å². The predicted octanol–water partition coefficient (Wildman–Crippen LogP) is 1.93. The van der Waals surface area contributed by atoms with Crippen molar-refractivity contribution in [3.63, 3.8) is 0 Å². The number of rotatable bonds is 10. The van der Waals surface area contributed by atoms with Crippen LogP contribution in [0.25, 0.3) is 0 Å². The normalized spacial score (nSPS) is 19.6. The molecule has 1 aromatic carbocycles. The zero-order valence-corrected chi connectivity index (χ0v) is 21.6. The largest absolute Gasteiger partial charge is 0.465 e. The van der Waals surface area contributed by atoms with E-state index in [0.717, 1.165) is 12.8 Å². The highest BCUT2D eigenvalue weighted by molar-refractivity contribution is 6.01. The molecule has 3 rings (SSSR count). The Kier molecular flexibility index (Phi) is 10.5. The highest BCUT2D eigenvalue weighted by Gasteiger charge is 2.29. The van der Waals surface area contributed by atoms with Gasteiger partial charge in [0.15, 0.2) is 11.6 Å². The Morgan fingerprint density at radius 1 is 1.05 bits per heavy atom. The number of piperidine rings is 2. The van der Waals surface area contributed by atoms with Crippen molar-refractivity contribution >= 4 is 29.6 Å². The summed E-state index contributed by atoms with van der Waals surface area (Å²) in [5, 5.41) is 20.8. The van der Waals surface area contributed by atoms with Gasteiger partial charge in [0, 0.05) is 55.6 Å². The number of hydrogen-bond acceptors (Lipinski definition) is 8. The van der Waals surface area contributed by atoms with Crippen LogP contribution in [0.4, 0.5) is 4.79 Å². The van der Waals surface area contributed by atoms with Gasteiger partial charge in [0.1, 0.15) is 6.61 Å². The number of hydrogen-bond donors (Lipinski definition) is 3. The van der Waals surface area contributed by atoms with Crippen molar-refractivity contribution in [2.75, 3.05) is 39.4 Å². The molecule has 0 radical (unpaired) electrons. The first kappa shape index (κ1) is 28.9. The zero-order valence-electron chi connectivity index (χ0n) is 21.6. The monoisotopic (exact) mass is 532 g/mol. The number of amides is 2. The third kappa shape index (κ3) is 8.17. The molecule has 2 saturated heterocycles. The third-order valence-corrected chi connectivity index (χ3v) is 6.98. The molecule has 2 amide bonds. The van der Waals surface area contributed by atoms with Crippen LogP contribution in [0.1, 0.15) is 54.9 Å². The number of esters is 1. The average Bonchev–Trinajstić information content (AvgIpc) is 2.94. The summed E-state index contributed by atoms with van der Waals surface area (Å²) in [4.78, 5) is 51.8. The Labute approximate surface area is 221 Å². The van der Waals surface area contributed by atoms with Crippen LogP contribution in [0.2, 0.25) is 0 Å². The fraction of sp³-hybridized carbons (Fsp3) is 0.577. The van der Waals surface area contributed by atoms with Crippen molar-refractivity contribution in [2.24, 2.45) is 22.7 Å². The number of carboxylic acid groups (broad SMARTS) is 1. The van der Waals surface area contributed by atoms with E-state index in [4.69, 9.17) is 25.5 Å². The topological polar surface area (TPSA) is 172 Å². The van der Waals surface area contributed by atoms with Crippen molar-refractivity contribution in [3.05, 3.63) is 35.4 Å². The maximum Gasteiger partial charge on any atom is 0.407 e. The van der Waals surface area contributed by atoms with Crippen LogP contribution in [0.3, 0.4) is 0 Å². The molecule has 2 heterocycles. The molecule has 2 aliphatic rings. The van der Waals surface area contributed by atoms with Gasteiger partial charge in [0.05, 0.1) is 12.7 Å². The van der Waals surface area contributed by atoms with Crippen molar-refractivity contribution in [2.45, 2.75) is 45.1 Å². The van der Waals surface area contributed by atoms with Gasteiger partial charge < -0.3 is 35.3 Å². The second-order valence-corrected chi connectivity index (χ2v) is 9.85. The molecule has 0 aliphatic carbocycles. The minimum atomic E-state index is -0.957. The van der Waals surface area contributed by atoms with Crippen molar-refractivity contribution in [1.29, 1.82) is 0 Å². The number of carbonyl (C=O) groups excluding carboxylic acids is 3. The van der Waals surface area contributed by atoms with Crippen LogP contribution in [0.15, 0.2) is 29.4 Å². The number of Topliss-reactive ketones (excluding diaryl/α,β-unsaturated/α-hetero) is 1. The summed E-state index contributed by atoms with van der Waals surface area (Å²) in [6.45, 7) is 3.52. The van der Waals surface area contributed by atoms with Crippen molar-refractivity contribution in [1.82, 2.24) is 9.80 Å². The summed E-state index contributed by atoms with van der Waals surface area (Å²) in [5.41, 5.74) is 6.47. The van der Waals surface area contributed by atoms with Crippen LogP contribution in [-0.2, 0) is 19.1 Å². The number of amidine groups is 1. The first-order valence-corrected chi connectivity index (χ1v) is 12.8. The quantitative estimate of drug-likeness (QED) is 0.102. The van der Waals surface area contributed by atoms with Gasteiger partial charge >= 0.3 is 12.1 Å². The lowest BCUT2D eigenvalue weighted by molar-refractivity contribution is -0.155. The van der Waals surface area contributed by atoms with Gasteiger partial charge in [0.25, 0.3) is 0 Å². The molecule has 2 atom stereocenters. The van der Waals surface area contributed by atoms with E-state index in [1.807, 2.05) is 0 Å². The van der Waals surface area contributed by atoms with Crippen molar-refractivity contribution < 1.29 is 39.0 Å². The third-order valence-electron chi connectivity index (χ3n) is 6.98. The van der Waals surface area contributed by atoms with E-state index in [0.29, 0.717) is 50.1 Å². The number of carbonyl (C=O) groups is 4. The molecule has 2 aliphatic heterocycles. The Morgan fingerprint density at radius 3 is 2.34 bits per heavy atom. The Morgan fingerprint density at radius 2 is 1.71 bits per heavy atom. The summed E-state index contributed by atoms with van der Waals surface area (Å²) in [6.07, 6.45) is 1.65. The van der Waals surface area contributed by atoms with Gasteiger partial charge in [-0.05, 0) is 25.7 Å². The molecular formula is C26H36N4O8. The molecule has 12 heteroatoms. The lowest BCUT2D eigenvalue weighted by Crippen LogP contribution is -2.44. The Balaban J connectivity index is 1.35. The molecule has 12 nitrogen and oxygen atoms in total. The van der Waals surface area contributed by atoms with Gasteiger partial charge in [0.2, 0.25) is 5.91 Å². The number of likely N-dealkylation sites (tertiary alicyclic amines) is 2. The van der Waals surface area contributed by atoms with Crippen molar-refractivity contribution in [3.8, 4) is 0 Å². The number of nitrogens with two attached hydrogens (primary N) is 1. The molecule has 2 fully saturated rings. The SMILES string of the molecule is C[C@H](CC(=O)c1ccc(/C(N)=N/O)cc1)C(=O)N1CCC(OCC(=O)OCC2CCCN(C(=O)O)C2)CC1. The highest BCUT2D eigenvalue weighted by atomic mass is 16.6. The minimum absolute atomic E-state index is 0.00852. The maximum atomic E-state index is 12.9. The van der Waals surface area contributed by atoms with E-state index in [-0.39, 0.29) is 49.2 Å². The van der Waals surface area contributed by atoms with Crippen LogP contribution in [0, 0.1) is 11.8 Å². The zero-order chi connectivity index (χ0) is 27.7. The Hall–Kier alpha value is -3.67. The highest BCUT2D eigenvalue weighted by Crippen LogP contribution is 2.20. The molecule has 208 valence electrons. The summed E-state index contributed by atoms with van der Waals surface area (Å²) in [5.74, 6) is -1.31. The van der Waals surface area contributed by atoms with Crippen LogP contribution in [-0.4, -0.2) is 95.2 Å². The van der Waals surface area contributed by atoms with Crippen LogP contribution in [0.5, 0.6) is 0 Å². The summed E-state index contributed by atoms with van der Waals surface area (Å²) in [6, 6.07) is 6.33. The average molecular weight is 533 g/mol.